The predicted molar refractivity (Wildman–Crippen MR) is 122 cm³/mol. The third-order valence-corrected chi connectivity index (χ3v) is 7.05. The smallest absolute Gasteiger partial charge is 0.336 e. The molecule has 0 saturated carbocycles. The van der Waals surface area contributed by atoms with Gasteiger partial charge in [-0.3, -0.25) is 0 Å². The molecule has 6 nitrogen and oxygen atoms in total. The molecule has 162 valence electrons. The third-order valence-electron chi connectivity index (χ3n) is 6.31. The molecule has 2 atom stereocenters. The van der Waals surface area contributed by atoms with Crippen molar-refractivity contribution >= 4 is 34.2 Å². The van der Waals surface area contributed by atoms with Crippen LogP contribution in [0, 0.1) is 19.8 Å². The van der Waals surface area contributed by atoms with Crippen LogP contribution in [-0.2, 0) is 0 Å². The van der Waals surface area contributed by atoms with E-state index in [1.165, 1.54) is 6.07 Å². The van der Waals surface area contributed by atoms with Gasteiger partial charge in [0.25, 0.3) is 0 Å². The van der Waals surface area contributed by atoms with E-state index in [1.54, 1.807) is 16.8 Å². The highest BCUT2D eigenvalue weighted by molar-refractivity contribution is 6.42. The Morgan fingerprint density at radius 2 is 1.81 bits per heavy atom. The minimum absolute atomic E-state index is 0.0663. The van der Waals surface area contributed by atoms with Gasteiger partial charge in [0.15, 0.2) is 0 Å². The summed E-state index contributed by atoms with van der Waals surface area (Å²) in [7, 11) is 0. The SMILES string of the molecule is Cc1nn(-c2ccc(Cl)c(Cl)c2)c2c1C1c3c(ccc4c(C)cc(=O)oc34)OCC1CO2. The number of aryl methyl sites for hydroxylation is 2. The number of benzene rings is 2. The molecule has 0 bridgehead atoms. The number of hydrogen-bond donors (Lipinski definition) is 0. The lowest BCUT2D eigenvalue weighted by Gasteiger charge is -2.37. The predicted octanol–water partition coefficient (Wildman–Crippen LogP) is 5.44. The van der Waals surface area contributed by atoms with E-state index in [1.807, 2.05) is 32.0 Å². The van der Waals surface area contributed by atoms with Crippen LogP contribution < -0.4 is 15.1 Å². The maximum atomic E-state index is 12.2. The lowest BCUT2D eigenvalue weighted by atomic mass is 9.77. The fourth-order valence-electron chi connectivity index (χ4n) is 4.85. The summed E-state index contributed by atoms with van der Waals surface area (Å²) >= 11 is 12.4. The van der Waals surface area contributed by atoms with Gasteiger partial charge in [0.2, 0.25) is 5.88 Å². The zero-order valence-electron chi connectivity index (χ0n) is 17.3. The number of rotatable bonds is 1. The highest BCUT2D eigenvalue weighted by Gasteiger charge is 2.43. The van der Waals surface area contributed by atoms with Crippen molar-refractivity contribution in [3.8, 4) is 17.3 Å². The molecule has 0 spiro atoms. The fraction of sp³-hybridized carbons (Fsp3) is 0.250. The highest BCUT2D eigenvalue weighted by atomic mass is 35.5. The Labute approximate surface area is 193 Å². The second-order valence-corrected chi connectivity index (χ2v) is 9.09. The van der Waals surface area contributed by atoms with Gasteiger partial charge in [-0.05, 0) is 49.7 Å². The molecule has 6 rings (SSSR count). The van der Waals surface area contributed by atoms with Gasteiger partial charge in [0.1, 0.15) is 11.3 Å². The first kappa shape index (κ1) is 19.7. The van der Waals surface area contributed by atoms with Crippen LogP contribution in [0.25, 0.3) is 16.7 Å². The molecule has 0 fully saturated rings. The van der Waals surface area contributed by atoms with E-state index >= 15 is 0 Å². The Kier molecular flexibility index (Phi) is 4.32. The molecule has 2 aliphatic heterocycles. The normalized spacial score (nSPS) is 19.0. The Morgan fingerprint density at radius 1 is 1.00 bits per heavy atom. The molecule has 4 aromatic rings. The van der Waals surface area contributed by atoms with Gasteiger partial charge in [-0.25, -0.2) is 9.48 Å². The Morgan fingerprint density at radius 3 is 2.62 bits per heavy atom. The number of fused-ring (bicyclic) bond motifs is 7. The van der Waals surface area contributed by atoms with Gasteiger partial charge < -0.3 is 13.9 Å². The molecule has 0 radical (unpaired) electrons. The van der Waals surface area contributed by atoms with Crippen molar-refractivity contribution in [2.24, 2.45) is 5.92 Å². The number of nitrogens with zero attached hydrogens (tertiary/aromatic N) is 2. The zero-order valence-corrected chi connectivity index (χ0v) is 18.8. The molecular formula is C24H18Cl2N2O4. The molecular weight excluding hydrogens is 451 g/mol. The fourth-order valence-corrected chi connectivity index (χ4v) is 5.15. The summed E-state index contributed by atoms with van der Waals surface area (Å²) in [5.41, 5.74) is 4.50. The average Bonchev–Trinajstić information content (AvgIpc) is 3.11. The van der Waals surface area contributed by atoms with Crippen molar-refractivity contribution in [1.29, 1.82) is 0 Å². The topological polar surface area (TPSA) is 66.5 Å². The van der Waals surface area contributed by atoms with E-state index in [4.69, 9.17) is 42.2 Å². The largest absolute Gasteiger partial charge is 0.493 e. The first-order valence-corrected chi connectivity index (χ1v) is 11.1. The Hall–Kier alpha value is -2.96. The summed E-state index contributed by atoms with van der Waals surface area (Å²) in [6, 6.07) is 10.8. The first-order chi connectivity index (χ1) is 15.4. The summed E-state index contributed by atoms with van der Waals surface area (Å²) in [6.45, 7) is 4.84. The van der Waals surface area contributed by atoms with Crippen molar-refractivity contribution in [3.63, 3.8) is 0 Å². The van der Waals surface area contributed by atoms with E-state index in [-0.39, 0.29) is 17.5 Å². The van der Waals surface area contributed by atoms with Crippen molar-refractivity contribution in [2.75, 3.05) is 13.2 Å². The molecule has 4 heterocycles. The summed E-state index contributed by atoms with van der Waals surface area (Å²) in [5, 5.41) is 6.59. The van der Waals surface area contributed by atoms with Crippen LogP contribution in [0.5, 0.6) is 11.6 Å². The monoisotopic (exact) mass is 468 g/mol. The van der Waals surface area contributed by atoms with E-state index < -0.39 is 0 Å². The van der Waals surface area contributed by atoms with Crippen molar-refractivity contribution in [2.45, 2.75) is 19.8 Å². The maximum Gasteiger partial charge on any atom is 0.336 e. The van der Waals surface area contributed by atoms with Gasteiger partial charge in [-0.2, -0.15) is 5.10 Å². The maximum absolute atomic E-state index is 12.2. The number of aromatic nitrogens is 2. The summed E-state index contributed by atoms with van der Waals surface area (Å²) < 4.78 is 19.7. The van der Waals surface area contributed by atoms with Crippen molar-refractivity contribution in [3.05, 3.63) is 79.2 Å². The lowest BCUT2D eigenvalue weighted by molar-refractivity contribution is 0.121. The van der Waals surface area contributed by atoms with Crippen molar-refractivity contribution < 1.29 is 13.9 Å². The van der Waals surface area contributed by atoms with E-state index in [0.717, 1.165) is 39.2 Å². The standard InChI is InChI=1S/C24H18Cl2N2O4/c1-11-7-19(29)32-23-15(11)4-6-18-22(23)21-13(9-30-18)10-31-24-20(21)12(2)27-28(24)14-3-5-16(25)17(26)8-14/h3-8,13,21H,9-10H2,1-2H3. The molecule has 2 aromatic carbocycles. The van der Waals surface area contributed by atoms with Crippen LogP contribution in [0.4, 0.5) is 0 Å². The van der Waals surface area contributed by atoms with Gasteiger partial charge >= 0.3 is 5.63 Å². The molecule has 2 aromatic heterocycles. The lowest BCUT2D eigenvalue weighted by Crippen LogP contribution is -2.35. The van der Waals surface area contributed by atoms with Crippen LogP contribution in [0.2, 0.25) is 10.0 Å². The van der Waals surface area contributed by atoms with E-state index in [9.17, 15) is 4.79 Å². The minimum atomic E-state index is -0.374. The molecule has 0 amide bonds. The summed E-state index contributed by atoms with van der Waals surface area (Å²) in [4.78, 5) is 12.2. The second kappa shape index (κ2) is 7.02. The number of ether oxygens (including phenoxy) is 2. The number of hydrogen-bond acceptors (Lipinski definition) is 5. The van der Waals surface area contributed by atoms with Gasteiger partial charge in [-0.1, -0.05) is 23.2 Å². The highest BCUT2D eigenvalue weighted by Crippen LogP contribution is 2.51. The summed E-state index contributed by atoms with van der Waals surface area (Å²) in [6.07, 6.45) is 0. The first-order valence-electron chi connectivity index (χ1n) is 10.3. The van der Waals surface area contributed by atoms with Gasteiger partial charge in [-0.15, -0.1) is 0 Å². The van der Waals surface area contributed by atoms with Crippen molar-refractivity contribution in [1.82, 2.24) is 9.78 Å². The van der Waals surface area contributed by atoms with E-state index in [2.05, 4.69) is 0 Å². The third kappa shape index (κ3) is 2.79. The molecule has 32 heavy (non-hydrogen) atoms. The van der Waals surface area contributed by atoms with Crippen LogP contribution in [0.15, 0.2) is 45.6 Å². The Bertz CT molecular complexity index is 1470. The molecule has 2 aliphatic rings. The Balaban J connectivity index is 1.61. The van der Waals surface area contributed by atoms with Gasteiger partial charge in [0, 0.05) is 34.4 Å². The second-order valence-electron chi connectivity index (χ2n) is 8.28. The van der Waals surface area contributed by atoms with Gasteiger partial charge in [0.05, 0.1) is 34.6 Å². The molecule has 2 unspecified atom stereocenters. The molecule has 0 saturated heterocycles. The van der Waals surface area contributed by atoms with Crippen LogP contribution in [0.3, 0.4) is 0 Å². The van der Waals surface area contributed by atoms with Crippen LogP contribution in [0.1, 0.15) is 28.3 Å². The summed E-state index contributed by atoms with van der Waals surface area (Å²) in [5.74, 6) is 1.37. The van der Waals surface area contributed by atoms with Crippen LogP contribution >= 0.6 is 23.2 Å². The quantitative estimate of drug-likeness (QED) is 0.348. The minimum Gasteiger partial charge on any atom is -0.493 e. The van der Waals surface area contributed by atoms with E-state index in [0.29, 0.717) is 34.7 Å². The van der Waals surface area contributed by atoms with Crippen LogP contribution in [-0.4, -0.2) is 23.0 Å². The molecule has 8 heteroatoms. The number of halogens is 2. The zero-order chi connectivity index (χ0) is 22.1. The average molecular weight is 469 g/mol. The molecule has 0 N–H and O–H groups in total. The molecule has 0 aliphatic carbocycles.